The first kappa shape index (κ1) is 9.75. The molecule has 1 rings (SSSR count). The normalized spacial score (nSPS) is 10.7. The summed E-state index contributed by atoms with van der Waals surface area (Å²) in [5, 5.41) is 1.28. The van der Waals surface area contributed by atoms with Gasteiger partial charge >= 0.3 is 0 Å². The van der Waals surface area contributed by atoms with E-state index >= 15 is 0 Å². The predicted molar refractivity (Wildman–Crippen MR) is 56.9 cm³/mol. The quantitative estimate of drug-likeness (QED) is 0.586. The van der Waals surface area contributed by atoms with Gasteiger partial charge in [0, 0.05) is 20.9 Å². The number of halogens is 1. The zero-order valence-electron chi connectivity index (χ0n) is 7.17. The molecule has 66 valence electrons. The molecule has 12 heavy (non-hydrogen) atoms. The third kappa shape index (κ3) is 2.61. The van der Waals surface area contributed by atoms with Crippen molar-refractivity contribution in [2.45, 2.75) is 24.0 Å². The van der Waals surface area contributed by atoms with Gasteiger partial charge in [0.2, 0.25) is 0 Å². The van der Waals surface area contributed by atoms with Crippen molar-refractivity contribution < 1.29 is 0 Å². The highest BCUT2D eigenvalue weighted by molar-refractivity contribution is 8.00. The first-order chi connectivity index (χ1) is 5.59. The first-order valence-corrected chi connectivity index (χ1v) is 5.07. The van der Waals surface area contributed by atoms with E-state index < -0.39 is 0 Å². The Morgan fingerprint density at radius 1 is 1.42 bits per heavy atom. The molecule has 0 heterocycles. The molecule has 3 heteroatoms. The van der Waals surface area contributed by atoms with Gasteiger partial charge in [-0.3, -0.25) is 0 Å². The molecule has 0 radical (unpaired) electrons. The van der Waals surface area contributed by atoms with E-state index in [2.05, 4.69) is 13.8 Å². The Morgan fingerprint density at radius 3 is 2.67 bits per heavy atom. The molecule has 0 bridgehead atoms. The van der Waals surface area contributed by atoms with Crippen LogP contribution in [0.4, 0.5) is 5.69 Å². The monoisotopic (exact) mass is 201 g/mol. The van der Waals surface area contributed by atoms with Crippen LogP contribution in [0.3, 0.4) is 0 Å². The first-order valence-electron chi connectivity index (χ1n) is 3.81. The summed E-state index contributed by atoms with van der Waals surface area (Å²) in [4.78, 5) is 1.07. The Bertz CT molecular complexity index is 273. The molecule has 0 amide bonds. The maximum absolute atomic E-state index is 5.83. The van der Waals surface area contributed by atoms with Gasteiger partial charge in [-0.1, -0.05) is 25.4 Å². The maximum Gasteiger partial charge on any atom is 0.0453 e. The van der Waals surface area contributed by atoms with Crippen molar-refractivity contribution in [3.63, 3.8) is 0 Å². The van der Waals surface area contributed by atoms with Gasteiger partial charge in [0.05, 0.1) is 0 Å². The number of benzene rings is 1. The molecule has 0 spiro atoms. The summed E-state index contributed by atoms with van der Waals surface area (Å²) in [5.41, 5.74) is 6.56. The van der Waals surface area contributed by atoms with Crippen LogP contribution in [0, 0.1) is 0 Å². The van der Waals surface area contributed by atoms with Crippen molar-refractivity contribution in [2.75, 3.05) is 5.73 Å². The van der Waals surface area contributed by atoms with Gasteiger partial charge in [0.25, 0.3) is 0 Å². The molecule has 0 saturated heterocycles. The minimum Gasteiger partial charge on any atom is -0.398 e. The molecular weight excluding hydrogens is 190 g/mol. The van der Waals surface area contributed by atoms with Gasteiger partial charge in [-0.05, 0) is 18.2 Å². The lowest BCUT2D eigenvalue weighted by Gasteiger charge is -2.07. The van der Waals surface area contributed by atoms with E-state index in [1.54, 1.807) is 17.8 Å². The Balaban J connectivity index is 2.90. The van der Waals surface area contributed by atoms with Gasteiger partial charge < -0.3 is 5.73 Å². The minimum atomic E-state index is 0.533. The number of hydrogen-bond acceptors (Lipinski definition) is 2. The van der Waals surface area contributed by atoms with Crippen LogP contribution in [-0.4, -0.2) is 5.25 Å². The van der Waals surface area contributed by atoms with Crippen LogP contribution in [0.25, 0.3) is 0 Å². The van der Waals surface area contributed by atoms with Gasteiger partial charge in [-0.15, -0.1) is 11.8 Å². The molecule has 0 unspecified atom stereocenters. The van der Waals surface area contributed by atoms with E-state index in [1.165, 1.54) is 0 Å². The number of hydrogen-bond donors (Lipinski definition) is 1. The molecule has 2 N–H and O–H groups in total. The van der Waals surface area contributed by atoms with Crippen LogP contribution in [0.15, 0.2) is 23.1 Å². The lowest BCUT2D eigenvalue weighted by atomic mass is 10.3. The SMILES string of the molecule is CC(C)Sc1cc(Cl)ccc1N. The molecular formula is C9H12ClNS. The molecule has 0 aliphatic carbocycles. The van der Waals surface area contributed by atoms with Crippen molar-refractivity contribution in [3.8, 4) is 0 Å². The Morgan fingerprint density at radius 2 is 2.08 bits per heavy atom. The average Bonchev–Trinajstić information content (AvgIpc) is 1.96. The molecule has 0 atom stereocenters. The summed E-state index contributed by atoms with van der Waals surface area (Å²) in [5.74, 6) is 0. The van der Waals surface area contributed by atoms with Crippen molar-refractivity contribution in [1.29, 1.82) is 0 Å². The number of nitrogen functional groups attached to an aromatic ring is 1. The number of rotatable bonds is 2. The molecule has 1 aromatic rings. The summed E-state index contributed by atoms with van der Waals surface area (Å²) in [6, 6.07) is 5.55. The summed E-state index contributed by atoms with van der Waals surface area (Å²) in [6.07, 6.45) is 0. The van der Waals surface area contributed by atoms with Gasteiger partial charge in [0.15, 0.2) is 0 Å². The standard InChI is InChI=1S/C9H12ClNS/c1-6(2)12-9-5-7(10)3-4-8(9)11/h3-6H,11H2,1-2H3. The predicted octanol–water partition coefficient (Wildman–Crippen LogP) is 3.42. The van der Waals surface area contributed by atoms with Crippen molar-refractivity contribution in [2.24, 2.45) is 0 Å². The smallest absolute Gasteiger partial charge is 0.0453 e. The highest BCUT2D eigenvalue weighted by atomic mass is 35.5. The summed E-state index contributed by atoms with van der Waals surface area (Å²) in [6.45, 7) is 4.26. The lowest BCUT2D eigenvalue weighted by molar-refractivity contribution is 1.11. The second kappa shape index (κ2) is 4.06. The zero-order valence-corrected chi connectivity index (χ0v) is 8.75. The Labute approximate surface area is 82.3 Å². The highest BCUT2D eigenvalue weighted by Gasteiger charge is 2.02. The van der Waals surface area contributed by atoms with Crippen molar-refractivity contribution >= 4 is 29.1 Å². The second-order valence-electron chi connectivity index (χ2n) is 2.85. The molecule has 0 saturated carbocycles. The van der Waals surface area contributed by atoms with Crippen LogP contribution in [-0.2, 0) is 0 Å². The van der Waals surface area contributed by atoms with E-state index in [9.17, 15) is 0 Å². The number of nitrogens with two attached hydrogens (primary N) is 1. The highest BCUT2D eigenvalue weighted by Crippen LogP contribution is 2.30. The van der Waals surface area contributed by atoms with Crippen LogP contribution in [0.5, 0.6) is 0 Å². The van der Waals surface area contributed by atoms with Gasteiger partial charge in [-0.25, -0.2) is 0 Å². The topological polar surface area (TPSA) is 26.0 Å². The van der Waals surface area contributed by atoms with E-state index in [4.69, 9.17) is 17.3 Å². The fourth-order valence-electron chi connectivity index (χ4n) is 0.864. The molecule has 0 aliphatic heterocycles. The third-order valence-corrected chi connectivity index (χ3v) is 2.65. The van der Waals surface area contributed by atoms with Crippen molar-refractivity contribution in [1.82, 2.24) is 0 Å². The van der Waals surface area contributed by atoms with E-state index in [0.717, 1.165) is 15.6 Å². The summed E-state index contributed by atoms with van der Waals surface area (Å²) < 4.78 is 0. The zero-order chi connectivity index (χ0) is 9.14. The largest absolute Gasteiger partial charge is 0.398 e. The average molecular weight is 202 g/mol. The van der Waals surface area contributed by atoms with Crippen LogP contribution < -0.4 is 5.73 Å². The van der Waals surface area contributed by atoms with Crippen LogP contribution >= 0.6 is 23.4 Å². The van der Waals surface area contributed by atoms with Crippen LogP contribution in [0.2, 0.25) is 5.02 Å². The van der Waals surface area contributed by atoms with Crippen LogP contribution in [0.1, 0.15) is 13.8 Å². The second-order valence-corrected chi connectivity index (χ2v) is 4.90. The van der Waals surface area contributed by atoms with Gasteiger partial charge in [-0.2, -0.15) is 0 Å². The lowest BCUT2D eigenvalue weighted by Crippen LogP contribution is -1.92. The van der Waals surface area contributed by atoms with E-state index in [1.807, 2.05) is 12.1 Å². The molecule has 0 aromatic heterocycles. The van der Waals surface area contributed by atoms with E-state index in [0.29, 0.717) is 5.25 Å². The fraction of sp³-hybridized carbons (Fsp3) is 0.333. The summed E-state index contributed by atoms with van der Waals surface area (Å²) >= 11 is 7.56. The summed E-state index contributed by atoms with van der Waals surface area (Å²) in [7, 11) is 0. The third-order valence-electron chi connectivity index (χ3n) is 1.34. The maximum atomic E-state index is 5.83. The molecule has 1 aromatic carbocycles. The van der Waals surface area contributed by atoms with Crippen molar-refractivity contribution in [3.05, 3.63) is 23.2 Å². The molecule has 0 fully saturated rings. The minimum absolute atomic E-state index is 0.533. The Kier molecular flexibility index (Phi) is 3.29. The van der Waals surface area contributed by atoms with Gasteiger partial charge in [0.1, 0.15) is 0 Å². The number of anilines is 1. The Hall–Kier alpha value is -0.340. The molecule has 1 nitrogen and oxygen atoms in total. The van der Waals surface area contributed by atoms with E-state index in [-0.39, 0.29) is 0 Å². The number of thioether (sulfide) groups is 1. The fourth-order valence-corrected chi connectivity index (χ4v) is 2.01. The molecule has 0 aliphatic rings.